The maximum atomic E-state index is 12.5. The Balaban J connectivity index is 2.01. The van der Waals surface area contributed by atoms with Crippen LogP contribution in [-0.2, 0) is 4.79 Å². The van der Waals surface area contributed by atoms with E-state index in [-0.39, 0.29) is 11.7 Å². The highest BCUT2D eigenvalue weighted by molar-refractivity contribution is 6.26. The number of amides is 1. The molecule has 0 spiro atoms. The number of carbonyl (C=O) groups is 2. The molecule has 0 fully saturated rings. The summed E-state index contributed by atoms with van der Waals surface area (Å²) in [5.74, 6) is -1.07. The van der Waals surface area contributed by atoms with Crippen LogP contribution in [0.3, 0.4) is 0 Å². The van der Waals surface area contributed by atoms with E-state index < -0.39 is 5.92 Å². The Kier molecular flexibility index (Phi) is 5.26. The number of benzene rings is 1. The smallest absolute Gasteiger partial charge is 0.259 e. The van der Waals surface area contributed by atoms with E-state index in [1.165, 1.54) is 5.01 Å². The zero-order valence-corrected chi connectivity index (χ0v) is 12.7. The summed E-state index contributed by atoms with van der Waals surface area (Å²) in [6, 6.07) is 8.96. The Morgan fingerprint density at radius 3 is 2.57 bits per heavy atom. The molecule has 0 saturated carbocycles. The van der Waals surface area contributed by atoms with E-state index >= 15 is 0 Å². The van der Waals surface area contributed by atoms with Gasteiger partial charge < -0.3 is 0 Å². The van der Waals surface area contributed by atoms with Gasteiger partial charge in [0.05, 0.1) is 5.71 Å². The number of hydrazone groups is 1. The summed E-state index contributed by atoms with van der Waals surface area (Å²) in [6.07, 6.45) is 4.34. The van der Waals surface area contributed by atoms with E-state index in [2.05, 4.69) is 12.0 Å². The van der Waals surface area contributed by atoms with Gasteiger partial charge in [0.1, 0.15) is 5.92 Å². The Morgan fingerprint density at radius 2 is 1.90 bits per heavy atom. The van der Waals surface area contributed by atoms with Gasteiger partial charge in [-0.2, -0.15) is 5.10 Å². The fourth-order valence-electron chi connectivity index (χ4n) is 2.54. The van der Waals surface area contributed by atoms with Crippen molar-refractivity contribution in [3.8, 4) is 0 Å². The Bertz CT molecular complexity index is 537. The standard InChI is InChI=1S/C17H22N2O2/c1-3-4-5-9-12-19-17(21)15(13(2)18-19)16(20)14-10-7-6-8-11-14/h6-8,10-11,15H,3-5,9,12H2,1-2H3/t15-/m1/s1. The molecule has 4 nitrogen and oxygen atoms in total. The molecule has 0 N–H and O–H groups in total. The second-order valence-corrected chi connectivity index (χ2v) is 5.43. The molecule has 1 atom stereocenters. The van der Waals surface area contributed by atoms with E-state index in [0.29, 0.717) is 17.8 Å². The van der Waals surface area contributed by atoms with E-state index in [1.807, 2.05) is 18.2 Å². The summed E-state index contributed by atoms with van der Waals surface area (Å²) in [4.78, 5) is 24.8. The number of carbonyl (C=O) groups excluding carboxylic acids is 2. The maximum Gasteiger partial charge on any atom is 0.259 e. The highest BCUT2D eigenvalue weighted by Gasteiger charge is 2.38. The van der Waals surface area contributed by atoms with Gasteiger partial charge >= 0.3 is 0 Å². The van der Waals surface area contributed by atoms with Gasteiger partial charge in [0.25, 0.3) is 5.91 Å². The van der Waals surface area contributed by atoms with Gasteiger partial charge in [-0.3, -0.25) is 9.59 Å². The molecule has 1 heterocycles. The highest BCUT2D eigenvalue weighted by Crippen LogP contribution is 2.21. The van der Waals surface area contributed by atoms with Crippen LogP contribution in [0.15, 0.2) is 35.4 Å². The number of unbranched alkanes of at least 4 members (excludes halogenated alkanes) is 3. The Labute approximate surface area is 125 Å². The van der Waals surface area contributed by atoms with Gasteiger partial charge in [0.15, 0.2) is 5.78 Å². The third-order valence-electron chi connectivity index (χ3n) is 3.74. The highest BCUT2D eigenvalue weighted by atomic mass is 16.2. The minimum Gasteiger partial charge on any atom is -0.293 e. The first-order chi connectivity index (χ1) is 10.1. The summed E-state index contributed by atoms with van der Waals surface area (Å²) in [7, 11) is 0. The largest absolute Gasteiger partial charge is 0.293 e. The molecule has 0 radical (unpaired) electrons. The Morgan fingerprint density at radius 1 is 1.19 bits per heavy atom. The van der Waals surface area contributed by atoms with Crippen molar-refractivity contribution in [3.63, 3.8) is 0 Å². The first kappa shape index (κ1) is 15.4. The van der Waals surface area contributed by atoms with Crippen molar-refractivity contribution < 1.29 is 9.59 Å². The van der Waals surface area contributed by atoms with Crippen molar-refractivity contribution in [2.24, 2.45) is 11.0 Å². The van der Waals surface area contributed by atoms with Gasteiger partial charge in [0.2, 0.25) is 0 Å². The third kappa shape index (κ3) is 3.57. The second-order valence-electron chi connectivity index (χ2n) is 5.43. The van der Waals surface area contributed by atoms with Crippen LogP contribution in [0.25, 0.3) is 0 Å². The van der Waals surface area contributed by atoms with Gasteiger partial charge in [0, 0.05) is 12.1 Å². The minimum absolute atomic E-state index is 0.155. The van der Waals surface area contributed by atoms with Gasteiger partial charge in [-0.25, -0.2) is 5.01 Å². The Hall–Kier alpha value is -1.97. The van der Waals surface area contributed by atoms with Crippen LogP contribution in [0, 0.1) is 5.92 Å². The molecule has 1 aromatic carbocycles. The van der Waals surface area contributed by atoms with Gasteiger partial charge in [-0.15, -0.1) is 0 Å². The lowest BCUT2D eigenvalue weighted by atomic mass is 9.94. The van der Waals surface area contributed by atoms with Crippen molar-refractivity contribution in [1.82, 2.24) is 5.01 Å². The SMILES string of the molecule is CCCCCCN1N=C(C)[C@H](C(=O)c2ccccc2)C1=O. The van der Waals surface area contributed by atoms with Gasteiger partial charge in [-0.05, 0) is 13.3 Å². The molecule has 2 rings (SSSR count). The average molecular weight is 286 g/mol. The number of nitrogens with zero attached hydrogens (tertiary/aromatic N) is 2. The number of ketones is 1. The van der Waals surface area contributed by atoms with Crippen LogP contribution in [0.4, 0.5) is 0 Å². The molecule has 112 valence electrons. The topological polar surface area (TPSA) is 49.7 Å². The molecule has 4 heteroatoms. The lowest BCUT2D eigenvalue weighted by Gasteiger charge is -2.13. The molecule has 0 aromatic heterocycles. The van der Waals surface area contributed by atoms with E-state index in [0.717, 1.165) is 25.7 Å². The first-order valence-corrected chi connectivity index (χ1v) is 7.61. The van der Waals surface area contributed by atoms with Crippen LogP contribution in [-0.4, -0.2) is 29.0 Å². The minimum atomic E-state index is -0.737. The maximum absolute atomic E-state index is 12.5. The van der Waals surface area contributed by atoms with Crippen LogP contribution in [0.5, 0.6) is 0 Å². The lowest BCUT2D eigenvalue weighted by Crippen LogP contribution is -2.33. The number of rotatable bonds is 7. The first-order valence-electron chi connectivity index (χ1n) is 7.61. The lowest BCUT2D eigenvalue weighted by molar-refractivity contribution is -0.130. The third-order valence-corrected chi connectivity index (χ3v) is 3.74. The second kappa shape index (κ2) is 7.16. The summed E-state index contributed by atoms with van der Waals surface area (Å²) in [5.41, 5.74) is 1.17. The molecule has 1 aromatic rings. The van der Waals surface area contributed by atoms with Crippen molar-refractivity contribution in [2.45, 2.75) is 39.5 Å². The predicted octanol–water partition coefficient (Wildman–Crippen LogP) is 3.28. The van der Waals surface area contributed by atoms with Crippen molar-refractivity contribution >= 4 is 17.4 Å². The van der Waals surface area contributed by atoms with Crippen molar-refractivity contribution in [1.29, 1.82) is 0 Å². The molecule has 1 aliphatic heterocycles. The predicted molar refractivity (Wildman–Crippen MR) is 83.2 cm³/mol. The summed E-state index contributed by atoms with van der Waals surface area (Å²) >= 11 is 0. The van der Waals surface area contributed by atoms with Crippen LogP contribution in [0.2, 0.25) is 0 Å². The molecule has 21 heavy (non-hydrogen) atoms. The molecule has 1 aliphatic rings. The van der Waals surface area contributed by atoms with E-state index in [4.69, 9.17) is 0 Å². The molecule has 1 amide bonds. The van der Waals surface area contributed by atoms with Crippen molar-refractivity contribution in [3.05, 3.63) is 35.9 Å². The number of hydrogen-bond acceptors (Lipinski definition) is 3. The molecular weight excluding hydrogens is 264 g/mol. The van der Waals surface area contributed by atoms with E-state index in [1.54, 1.807) is 19.1 Å². The molecule has 0 saturated heterocycles. The average Bonchev–Trinajstić information content (AvgIpc) is 2.78. The summed E-state index contributed by atoms with van der Waals surface area (Å²) in [6.45, 7) is 4.52. The quantitative estimate of drug-likeness (QED) is 0.439. The molecule has 0 unspecified atom stereocenters. The molecule has 0 bridgehead atoms. The van der Waals surface area contributed by atoms with Crippen molar-refractivity contribution in [2.75, 3.05) is 6.54 Å². The summed E-state index contributed by atoms with van der Waals surface area (Å²) < 4.78 is 0. The van der Waals surface area contributed by atoms with E-state index in [9.17, 15) is 9.59 Å². The van der Waals surface area contributed by atoms with Crippen LogP contribution in [0.1, 0.15) is 49.9 Å². The zero-order chi connectivity index (χ0) is 15.2. The fourth-order valence-corrected chi connectivity index (χ4v) is 2.54. The van der Waals surface area contributed by atoms with Crippen LogP contribution < -0.4 is 0 Å². The molecular formula is C17H22N2O2. The number of hydrogen-bond donors (Lipinski definition) is 0. The molecule has 0 aliphatic carbocycles. The van der Waals surface area contributed by atoms with Crippen LogP contribution >= 0.6 is 0 Å². The number of Topliss-reactive ketones (excluding diaryl/α,β-unsaturated/α-hetero) is 1. The van der Waals surface area contributed by atoms with Gasteiger partial charge in [-0.1, -0.05) is 56.5 Å². The fraction of sp³-hybridized carbons (Fsp3) is 0.471. The monoisotopic (exact) mass is 286 g/mol. The normalized spacial score (nSPS) is 18.0. The summed E-state index contributed by atoms with van der Waals surface area (Å²) in [5, 5.41) is 5.74. The zero-order valence-electron chi connectivity index (χ0n) is 12.7.